The standard InChI is InChI=1S/C11H13N3.C7H5ClN2.C4H9N.CH5N.CH4/c1-8-5-9(7-12)6-11(13-8)14-10-3-2-4-10;1-5-2-6(4-9)3-7(8)10-5;5-4-2-1-3-4;1-2;/h5-6,10H,2-4H2,1H3,(H,13,14);2-3H,1H3;4H,1-3,5H2;2H2,1H3;1H4. The molecule has 2 aliphatic rings. The van der Waals surface area contributed by atoms with Crippen molar-refractivity contribution in [3.8, 4) is 12.1 Å². The van der Waals surface area contributed by atoms with Crippen LogP contribution in [0.3, 0.4) is 0 Å². The summed E-state index contributed by atoms with van der Waals surface area (Å²) in [6.45, 7) is 3.71. The van der Waals surface area contributed by atoms with Crippen LogP contribution in [-0.2, 0) is 0 Å². The molecule has 2 heterocycles. The van der Waals surface area contributed by atoms with Crippen LogP contribution in [0.25, 0.3) is 0 Å². The van der Waals surface area contributed by atoms with Crippen molar-refractivity contribution in [3.05, 3.63) is 51.9 Å². The molecule has 0 unspecified atom stereocenters. The molecule has 0 saturated heterocycles. The van der Waals surface area contributed by atoms with Gasteiger partial charge in [0, 0.05) is 23.5 Å². The van der Waals surface area contributed by atoms with Gasteiger partial charge in [-0.25, -0.2) is 9.97 Å². The second kappa shape index (κ2) is 16.0. The number of aromatic nitrogens is 2. The van der Waals surface area contributed by atoms with Crippen LogP contribution in [-0.4, -0.2) is 29.1 Å². The van der Waals surface area contributed by atoms with Gasteiger partial charge in [0.1, 0.15) is 11.0 Å². The Morgan fingerprint density at radius 1 is 0.906 bits per heavy atom. The van der Waals surface area contributed by atoms with E-state index in [1.54, 1.807) is 19.1 Å². The minimum atomic E-state index is 0. The summed E-state index contributed by atoms with van der Waals surface area (Å²) in [5, 5.41) is 20.9. The summed E-state index contributed by atoms with van der Waals surface area (Å²) in [4.78, 5) is 8.24. The molecule has 2 aromatic rings. The van der Waals surface area contributed by atoms with Gasteiger partial charge in [-0.1, -0.05) is 25.4 Å². The maximum absolute atomic E-state index is 8.79. The van der Waals surface area contributed by atoms with E-state index in [-0.39, 0.29) is 7.43 Å². The van der Waals surface area contributed by atoms with Gasteiger partial charge in [0.2, 0.25) is 0 Å². The zero-order chi connectivity index (χ0) is 23.2. The molecule has 5 N–H and O–H groups in total. The van der Waals surface area contributed by atoms with E-state index in [1.165, 1.54) is 51.6 Å². The van der Waals surface area contributed by atoms with Gasteiger partial charge in [-0.15, -0.1) is 0 Å². The van der Waals surface area contributed by atoms with Gasteiger partial charge in [-0.2, -0.15) is 10.5 Å². The van der Waals surface area contributed by atoms with E-state index in [0.29, 0.717) is 28.4 Å². The number of hydrogen-bond donors (Lipinski definition) is 3. The number of aryl methyl sites for hydroxylation is 2. The average molecular weight is 458 g/mol. The lowest BCUT2D eigenvalue weighted by atomic mass is 9.93. The van der Waals surface area contributed by atoms with Gasteiger partial charge in [-0.05, 0) is 77.3 Å². The second-order valence-electron chi connectivity index (χ2n) is 7.39. The van der Waals surface area contributed by atoms with Crippen molar-refractivity contribution in [2.75, 3.05) is 12.4 Å². The lowest BCUT2D eigenvalue weighted by Crippen LogP contribution is -2.27. The number of rotatable bonds is 2. The number of anilines is 1. The summed E-state index contributed by atoms with van der Waals surface area (Å²) >= 11 is 5.57. The van der Waals surface area contributed by atoms with Crippen LogP contribution in [0.15, 0.2) is 24.3 Å². The second-order valence-corrected chi connectivity index (χ2v) is 7.78. The number of pyridine rings is 2. The fourth-order valence-corrected chi connectivity index (χ4v) is 2.95. The highest BCUT2D eigenvalue weighted by molar-refractivity contribution is 6.29. The Bertz CT molecular complexity index is 874. The van der Waals surface area contributed by atoms with Crippen molar-refractivity contribution in [2.45, 2.75) is 71.9 Å². The molecule has 0 aliphatic heterocycles. The van der Waals surface area contributed by atoms with Crippen LogP contribution in [0.1, 0.15) is 68.5 Å². The summed E-state index contributed by atoms with van der Waals surface area (Å²) in [5.41, 5.74) is 12.8. The van der Waals surface area contributed by atoms with Crippen molar-refractivity contribution in [1.82, 2.24) is 9.97 Å². The lowest BCUT2D eigenvalue weighted by molar-refractivity contribution is 0.418. The van der Waals surface area contributed by atoms with E-state index >= 15 is 0 Å². The highest BCUT2D eigenvalue weighted by atomic mass is 35.5. The largest absolute Gasteiger partial charge is 0.367 e. The third-order valence-electron chi connectivity index (χ3n) is 4.74. The number of nitrogens with two attached hydrogens (primary N) is 2. The predicted molar refractivity (Wildman–Crippen MR) is 132 cm³/mol. The fourth-order valence-electron chi connectivity index (χ4n) is 2.70. The van der Waals surface area contributed by atoms with E-state index < -0.39 is 0 Å². The lowest BCUT2D eigenvalue weighted by Gasteiger charge is -2.27. The maximum atomic E-state index is 8.79. The normalized spacial score (nSPS) is 13.9. The first-order valence-electron chi connectivity index (χ1n) is 10.4. The Hall–Kier alpha value is -2.71. The summed E-state index contributed by atoms with van der Waals surface area (Å²) in [5.74, 6) is 0.839. The molecule has 0 aromatic carbocycles. The molecule has 2 saturated carbocycles. The van der Waals surface area contributed by atoms with E-state index in [2.05, 4.69) is 27.1 Å². The van der Waals surface area contributed by atoms with Crippen LogP contribution in [0.5, 0.6) is 0 Å². The van der Waals surface area contributed by atoms with Gasteiger partial charge in [0.05, 0.1) is 23.3 Å². The Labute approximate surface area is 197 Å². The molecule has 4 rings (SSSR count). The number of hydrogen-bond acceptors (Lipinski definition) is 7. The Balaban J connectivity index is 0.000000467. The van der Waals surface area contributed by atoms with Gasteiger partial charge in [0.25, 0.3) is 0 Å². The van der Waals surface area contributed by atoms with Crippen molar-refractivity contribution in [3.63, 3.8) is 0 Å². The van der Waals surface area contributed by atoms with E-state index in [9.17, 15) is 0 Å². The van der Waals surface area contributed by atoms with E-state index in [4.69, 9.17) is 27.9 Å². The monoisotopic (exact) mass is 457 g/mol. The molecule has 0 spiro atoms. The zero-order valence-electron chi connectivity index (χ0n) is 18.5. The molecule has 174 valence electrons. The number of halogens is 1. The molecular weight excluding hydrogens is 422 g/mol. The zero-order valence-corrected chi connectivity index (χ0v) is 19.3. The van der Waals surface area contributed by atoms with Crippen LogP contribution in [0.4, 0.5) is 5.82 Å². The molecule has 0 amide bonds. The minimum Gasteiger partial charge on any atom is -0.367 e. The Morgan fingerprint density at radius 2 is 1.38 bits per heavy atom. The first kappa shape index (κ1) is 29.3. The summed E-state index contributed by atoms with van der Waals surface area (Å²) in [6.07, 6.45) is 7.63. The molecule has 0 bridgehead atoms. The van der Waals surface area contributed by atoms with Gasteiger partial charge in [0.15, 0.2) is 0 Å². The molecule has 2 aliphatic carbocycles. The topological polar surface area (TPSA) is 137 Å². The van der Waals surface area contributed by atoms with Crippen molar-refractivity contribution in [2.24, 2.45) is 11.5 Å². The van der Waals surface area contributed by atoms with E-state index in [0.717, 1.165) is 17.2 Å². The summed E-state index contributed by atoms with van der Waals surface area (Å²) in [7, 11) is 1.50. The third kappa shape index (κ3) is 11.1. The highest BCUT2D eigenvalue weighted by Gasteiger charge is 2.17. The molecule has 0 atom stereocenters. The number of nitrogens with zero attached hydrogens (tertiary/aromatic N) is 4. The van der Waals surface area contributed by atoms with Crippen LogP contribution in [0.2, 0.25) is 5.15 Å². The Morgan fingerprint density at radius 3 is 1.75 bits per heavy atom. The molecular formula is C24H36ClN7. The average Bonchev–Trinajstić information content (AvgIpc) is 2.70. The van der Waals surface area contributed by atoms with Crippen molar-refractivity contribution < 1.29 is 0 Å². The first-order valence-corrected chi connectivity index (χ1v) is 10.8. The molecule has 2 fully saturated rings. The van der Waals surface area contributed by atoms with Crippen LogP contribution < -0.4 is 16.8 Å². The smallest absolute Gasteiger partial charge is 0.130 e. The predicted octanol–water partition coefficient (Wildman–Crippen LogP) is 4.85. The van der Waals surface area contributed by atoms with Gasteiger partial charge >= 0.3 is 0 Å². The van der Waals surface area contributed by atoms with Crippen molar-refractivity contribution in [1.29, 1.82) is 10.5 Å². The molecule has 8 heteroatoms. The molecule has 7 nitrogen and oxygen atoms in total. The maximum Gasteiger partial charge on any atom is 0.130 e. The first-order chi connectivity index (χ1) is 14.9. The minimum absolute atomic E-state index is 0. The quantitative estimate of drug-likeness (QED) is 0.548. The van der Waals surface area contributed by atoms with Crippen molar-refractivity contribution >= 4 is 17.4 Å². The molecule has 32 heavy (non-hydrogen) atoms. The third-order valence-corrected chi connectivity index (χ3v) is 4.93. The van der Waals surface area contributed by atoms with Gasteiger partial charge in [-0.3, -0.25) is 0 Å². The van der Waals surface area contributed by atoms with E-state index in [1.807, 2.05) is 19.1 Å². The molecule has 0 radical (unpaired) electrons. The SMILES string of the molecule is C.CN.Cc1cc(C#N)cc(Cl)n1.Cc1cc(C#N)cc(NC2CCC2)n1.NC1CCC1. The fraction of sp³-hybridized carbons (Fsp3) is 0.500. The van der Waals surface area contributed by atoms with Gasteiger partial charge < -0.3 is 16.8 Å². The molecule has 2 aromatic heterocycles. The number of nitrogens with one attached hydrogen (secondary N) is 1. The summed E-state index contributed by atoms with van der Waals surface area (Å²) in [6, 6.07) is 12.1. The number of nitriles is 2. The highest BCUT2D eigenvalue weighted by Crippen LogP contribution is 2.22. The Kier molecular flexibility index (Phi) is 14.6. The van der Waals surface area contributed by atoms with Crippen LogP contribution in [0, 0.1) is 36.5 Å². The van der Waals surface area contributed by atoms with Crippen LogP contribution >= 0.6 is 11.6 Å². The summed E-state index contributed by atoms with van der Waals surface area (Å²) < 4.78 is 0.